The van der Waals surface area contributed by atoms with Crippen molar-refractivity contribution in [3.05, 3.63) is 24.3 Å². The van der Waals surface area contributed by atoms with Crippen LogP contribution in [0.25, 0.3) is 0 Å². The molecule has 0 atom stereocenters. The summed E-state index contributed by atoms with van der Waals surface area (Å²) < 4.78 is 0. The van der Waals surface area contributed by atoms with E-state index in [4.69, 9.17) is 5.73 Å². The molecule has 52 valence electrons. The fraction of sp³-hybridized carbons (Fsp3) is 0.500. The van der Waals surface area contributed by atoms with Gasteiger partial charge >= 0.3 is 0 Å². The first-order valence-corrected chi connectivity index (χ1v) is 3.35. The molecule has 0 fully saturated rings. The Morgan fingerprint density at radius 1 is 1.67 bits per heavy atom. The first-order chi connectivity index (χ1) is 4.35. The van der Waals surface area contributed by atoms with Gasteiger partial charge in [0.15, 0.2) is 0 Å². The first kappa shape index (κ1) is 8.44. The predicted octanol–water partition coefficient (Wildman–Crippen LogP) is 1.86. The second-order valence-electron chi connectivity index (χ2n) is 1.95. The highest BCUT2D eigenvalue weighted by molar-refractivity contribution is 5.09. The predicted molar refractivity (Wildman–Crippen MR) is 42.2 cm³/mol. The Kier molecular flexibility index (Phi) is 5.23. The Morgan fingerprint density at radius 3 is 2.67 bits per heavy atom. The van der Waals surface area contributed by atoms with Crippen LogP contribution in [0.1, 0.15) is 19.8 Å². The fourth-order valence-electron chi connectivity index (χ4n) is 0.730. The molecule has 0 aromatic rings. The number of nitrogens with two attached hydrogens (primary N) is 1. The molecule has 0 spiro atoms. The topological polar surface area (TPSA) is 26.0 Å². The maximum Gasteiger partial charge on any atom is -0.00398 e. The molecule has 1 heteroatoms. The molecule has 0 aromatic heterocycles. The lowest BCUT2D eigenvalue weighted by Gasteiger charge is -1.97. The van der Waals surface area contributed by atoms with E-state index >= 15 is 0 Å². The summed E-state index contributed by atoms with van der Waals surface area (Å²) in [6, 6.07) is 0. The standard InChI is InChI=1S/C8H15N/c1-3-5-8(4-2)6-7-9/h3,5H,1,4,6-7,9H2,2H3/b8-5+. The van der Waals surface area contributed by atoms with Crippen molar-refractivity contribution in [2.75, 3.05) is 6.54 Å². The minimum atomic E-state index is 0.744. The van der Waals surface area contributed by atoms with Crippen molar-refractivity contribution < 1.29 is 0 Å². The Balaban J connectivity index is 3.66. The third kappa shape index (κ3) is 3.98. The summed E-state index contributed by atoms with van der Waals surface area (Å²) in [5.41, 5.74) is 6.74. The van der Waals surface area contributed by atoms with E-state index < -0.39 is 0 Å². The molecular formula is C8H15N. The smallest absolute Gasteiger partial charge is 0.00398 e. The molecule has 0 aromatic carbocycles. The van der Waals surface area contributed by atoms with Crippen LogP contribution in [-0.2, 0) is 0 Å². The number of rotatable bonds is 4. The SMILES string of the molecule is C=C/C=C(\CC)CCN. The number of hydrogen-bond acceptors (Lipinski definition) is 1. The Labute approximate surface area is 57.3 Å². The van der Waals surface area contributed by atoms with E-state index in [-0.39, 0.29) is 0 Å². The largest absolute Gasteiger partial charge is 0.330 e. The molecule has 0 amide bonds. The summed E-state index contributed by atoms with van der Waals surface area (Å²) in [5, 5.41) is 0. The van der Waals surface area contributed by atoms with Crippen LogP contribution in [0.15, 0.2) is 24.3 Å². The molecule has 0 aliphatic rings. The van der Waals surface area contributed by atoms with Crippen LogP contribution < -0.4 is 5.73 Å². The van der Waals surface area contributed by atoms with Gasteiger partial charge in [-0.3, -0.25) is 0 Å². The van der Waals surface area contributed by atoms with Crippen LogP contribution in [0, 0.1) is 0 Å². The van der Waals surface area contributed by atoms with Gasteiger partial charge in [0.25, 0.3) is 0 Å². The molecule has 0 saturated heterocycles. The highest BCUT2D eigenvalue weighted by Gasteiger charge is 1.87. The van der Waals surface area contributed by atoms with Crippen LogP contribution in [0.2, 0.25) is 0 Å². The van der Waals surface area contributed by atoms with Gasteiger partial charge in [-0.05, 0) is 19.4 Å². The first-order valence-electron chi connectivity index (χ1n) is 3.35. The fourth-order valence-corrected chi connectivity index (χ4v) is 0.730. The molecule has 0 bridgehead atoms. The van der Waals surface area contributed by atoms with Crippen LogP contribution in [0.4, 0.5) is 0 Å². The van der Waals surface area contributed by atoms with Crippen molar-refractivity contribution in [1.82, 2.24) is 0 Å². The highest BCUT2D eigenvalue weighted by Crippen LogP contribution is 2.03. The zero-order valence-electron chi connectivity index (χ0n) is 6.06. The van der Waals surface area contributed by atoms with Gasteiger partial charge in [-0.15, -0.1) is 0 Å². The third-order valence-corrected chi connectivity index (χ3v) is 1.27. The normalized spacial score (nSPS) is 11.6. The minimum absolute atomic E-state index is 0.744. The van der Waals surface area contributed by atoms with E-state index in [1.165, 1.54) is 5.57 Å². The van der Waals surface area contributed by atoms with E-state index in [0.717, 1.165) is 19.4 Å². The maximum absolute atomic E-state index is 5.36. The lowest BCUT2D eigenvalue weighted by Crippen LogP contribution is -1.99. The van der Waals surface area contributed by atoms with Gasteiger partial charge in [0.05, 0.1) is 0 Å². The van der Waals surface area contributed by atoms with Crippen molar-refractivity contribution in [3.8, 4) is 0 Å². The maximum atomic E-state index is 5.36. The highest BCUT2D eigenvalue weighted by atomic mass is 14.5. The van der Waals surface area contributed by atoms with Gasteiger partial charge in [-0.25, -0.2) is 0 Å². The van der Waals surface area contributed by atoms with E-state index in [0.29, 0.717) is 0 Å². The lowest BCUT2D eigenvalue weighted by molar-refractivity contribution is 0.894. The van der Waals surface area contributed by atoms with Gasteiger partial charge < -0.3 is 5.73 Å². The van der Waals surface area contributed by atoms with Crippen LogP contribution >= 0.6 is 0 Å². The van der Waals surface area contributed by atoms with Gasteiger partial charge in [-0.2, -0.15) is 0 Å². The van der Waals surface area contributed by atoms with Gasteiger partial charge in [0.1, 0.15) is 0 Å². The molecule has 0 aliphatic heterocycles. The molecule has 0 unspecified atom stereocenters. The van der Waals surface area contributed by atoms with Crippen molar-refractivity contribution in [3.63, 3.8) is 0 Å². The summed E-state index contributed by atoms with van der Waals surface area (Å²) in [6.45, 7) is 6.49. The van der Waals surface area contributed by atoms with Crippen LogP contribution in [0.3, 0.4) is 0 Å². The molecule has 0 radical (unpaired) electrons. The summed E-state index contributed by atoms with van der Waals surface area (Å²) in [6.07, 6.45) is 5.94. The molecule has 1 nitrogen and oxygen atoms in total. The average molecular weight is 125 g/mol. The quantitative estimate of drug-likeness (QED) is 0.570. The van der Waals surface area contributed by atoms with Crippen LogP contribution in [0.5, 0.6) is 0 Å². The monoisotopic (exact) mass is 125 g/mol. The molecule has 0 aliphatic carbocycles. The molecule has 0 rings (SSSR count). The Morgan fingerprint density at radius 2 is 2.33 bits per heavy atom. The Hall–Kier alpha value is -0.560. The second kappa shape index (κ2) is 5.57. The summed E-state index contributed by atoms with van der Waals surface area (Å²) in [4.78, 5) is 0. The summed E-state index contributed by atoms with van der Waals surface area (Å²) >= 11 is 0. The van der Waals surface area contributed by atoms with Crippen molar-refractivity contribution in [2.24, 2.45) is 5.73 Å². The zero-order chi connectivity index (χ0) is 7.11. The minimum Gasteiger partial charge on any atom is -0.330 e. The molecule has 2 N–H and O–H groups in total. The van der Waals surface area contributed by atoms with Crippen molar-refractivity contribution in [1.29, 1.82) is 0 Å². The Bertz CT molecular complexity index is 103. The number of allylic oxidation sites excluding steroid dienone is 2. The molecule has 0 saturated carbocycles. The van der Waals surface area contributed by atoms with Crippen LogP contribution in [-0.4, -0.2) is 6.54 Å². The lowest BCUT2D eigenvalue weighted by atomic mass is 10.1. The molecule has 0 heterocycles. The summed E-state index contributed by atoms with van der Waals surface area (Å²) in [7, 11) is 0. The van der Waals surface area contributed by atoms with E-state index in [1.807, 2.05) is 12.2 Å². The third-order valence-electron chi connectivity index (χ3n) is 1.27. The van der Waals surface area contributed by atoms with Gasteiger partial charge in [0, 0.05) is 0 Å². The summed E-state index contributed by atoms with van der Waals surface area (Å²) in [5.74, 6) is 0. The van der Waals surface area contributed by atoms with E-state index in [9.17, 15) is 0 Å². The average Bonchev–Trinajstić information content (AvgIpc) is 1.88. The molecule has 9 heavy (non-hydrogen) atoms. The zero-order valence-corrected chi connectivity index (χ0v) is 6.06. The van der Waals surface area contributed by atoms with E-state index in [2.05, 4.69) is 13.5 Å². The van der Waals surface area contributed by atoms with Gasteiger partial charge in [-0.1, -0.05) is 31.2 Å². The van der Waals surface area contributed by atoms with E-state index in [1.54, 1.807) is 0 Å². The second-order valence-corrected chi connectivity index (χ2v) is 1.95. The van der Waals surface area contributed by atoms with Gasteiger partial charge in [0.2, 0.25) is 0 Å². The van der Waals surface area contributed by atoms with Crippen molar-refractivity contribution >= 4 is 0 Å². The van der Waals surface area contributed by atoms with Crippen molar-refractivity contribution in [2.45, 2.75) is 19.8 Å². The number of hydrogen-bond donors (Lipinski definition) is 1. The molecular weight excluding hydrogens is 110 g/mol.